The summed E-state index contributed by atoms with van der Waals surface area (Å²) in [6.07, 6.45) is 3.36. The lowest BCUT2D eigenvalue weighted by Gasteiger charge is -2.05. The molecule has 0 saturated heterocycles. The van der Waals surface area contributed by atoms with Gasteiger partial charge in [-0.25, -0.2) is 5.43 Å². The summed E-state index contributed by atoms with van der Waals surface area (Å²) < 4.78 is 0. The molecule has 0 heterocycles. The molecule has 2 rings (SSSR count). The minimum atomic E-state index is -0.543. The maximum atomic E-state index is 11.9. The smallest absolute Gasteiger partial charge is 0.271 e. The quantitative estimate of drug-likeness (QED) is 0.348. The number of non-ortho nitro benzene ring substituents is 1. The van der Waals surface area contributed by atoms with Gasteiger partial charge in [-0.3, -0.25) is 19.7 Å². The minimum absolute atomic E-state index is 0.0580. The number of hydrazone groups is 1. The van der Waals surface area contributed by atoms with E-state index in [1.807, 2.05) is 25.1 Å². The average Bonchev–Trinajstić information content (AvgIpc) is 2.73. The van der Waals surface area contributed by atoms with Gasteiger partial charge in [0.15, 0.2) is 0 Å². The zero-order valence-electron chi connectivity index (χ0n) is 17.8. The molecule has 8 nitrogen and oxygen atoms in total. The summed E-state index contributed by atoms with van der Waals surface area (Å²) in [6.45, 7) is 6.16. The lowest BCUT2D eigenvalue weighted by Crippen LogP contribution is -2.20. The highest BCUT2D eigenvalue weighted by atomic mass is 16.6. The van der Waals surface area contributed by atoms with Crippen molar-refractivity contribution in [1.29, 1.82) is 0 Å². The Labute approximate surface area is 181 Å². The molecule has 0 unspecified atom stereocenters. The molecule has 0 atom stereocenters. The number of hydrogen-bond donors (Lipinski definition) is 2. The topological polar surface area (TPSA) is 114 Å². The number of amides is 2. The predicted molar refractivity (Wildman–Crippen MR) is 122 cm³/mol. The maximum Gasteiger partial charge on any atom is 0.271 e. The van der Waals surface area contributed by atoms with Gasteiger partial charge in [-0.05, 0) is 35.6 Å². The number of hydrogen-bond acceptors (Lipinski definition) is 5. The van der Waals surface area contributed by atoms with Crippen molar-refractivity contribution in [2.24, 2.45) is 5.10 Å². The first-order valence-electron chi connectivity index (χ1n) is 9.89. The number of nitro benzene ring substituents is 1. The third kappa shape index (κ3) is 8.22. The van der Waals surface area contributed by atoms with Gasteiger partial charge in [-0.2, -0.15) is 5.10 Å². The second-order valence-electron chi connectivity index (χ2n) is 7.36. The first-order chi connectivity index (χ1) is 14.7. The standard InChI is InChI=1S/C23H26N4O4/c1-16(2)19-9-7-18(8-10-19)13-17(3)15-24-26-23(29)12-11-22(28)25-20-5-4-6-21(14-20)27(30)31/h4-10,13-16H,11-12H2,1-3H3,(H,25,28)(H,26,29)/b17-13-,24-15-. The average molecular weight is 422 g/mol. The lowest BCUT2D eigenvalue weighted by molar-refractivity contribution is -0.384. The zero-order valence-corrected chi connectivity index (χ0v) is 17.8. The Bertz CT molecular complexity index is 995. The number of rotatable bonds is 9. The molecule has 0 fully saturated rings. The highest BCUT2D eigenvalue weighted by Crippen LogP contribution is 2.17. The first-order valence-corrected chi connectivity index (χ1v) is 9.89. The number of nitro groups is 1. The summed E-state index contributed by atoms with van der Waals surface area (Å²) in [5.41, 5.74) is 5.74. The summed E-state index contributed by atoms with van der Waals surface area (Å²) in [6, 6.07) is 13.8. The molecule has 0 saturated carbocycles. The molecule has 0 aliphatic carbocycles. The molecule has 162 valence electrons. The van der Waals surface area contributed by atoms with Crippen LogP contribution in [0.5, 0.6) is 0 Å². The maximum absolute atomic E-state index is 11.9. The number of carbonyl (C=O) groups excluding carboxylic acids is 2. The van der Waals surface area contributed by atoms with Gasteiger partial charge in [0.05, 0.1) is 11.1 Å². The van der Waals surface area contributed by atoms with E-state index in [9.17, 15) is 19.7 Å². The Morgan fingerprint density at radius 2 is 1.77 bits per heavy atom. The normalized spacial score (nSPS) is 11.5. The molecule has 0 radical (unpaired) electrons. The Kier molecular flexibility index (Phi) is 8.63. The Balaban J connectivity index is 1.77. The van der Waals surface area contributed by atoms with Gasteiger partial charge < -0.3 is 5.32 Å². The zero-order chi connectivity index (χ0) is 22.8. The van der Waals surface area contributed by atoms with Gasteiger partial charge >= 0.3 is 0 Å². The summed E-state index contributed by atoms with van der Waals surface area (Å²) in [5, 5.41) is 17.2. The van der Waals surface area contributed by atoms with Crippen LogP contribution in [0.3, 0.4) is 0 Å². The van der Waals surface area contributed by atoms with Crippen LogP contribution in [0.4, 0.5) is 11.4 Å². The van der Waals surface area contributed by atoms with Crippen LogP contribution in [0.2, 0.25) is 0 Å². The van der Waals surface area contributed by atoms with Crippen LogP contribution in [0.25, 0.3) is 6.08 Å². The van der Waals surface area contributed by atoms with E-state index in [0.29, 0.717) is 11.6 Å². The third-order valence-electron chi connectivity index (χ3n) is 4.37. The molecule has 8 heteroatoms. The molecule has 0 bridgehead atoms. The fraction of sp³-hybridized carbons (Fsp3) is 0.261. The Morgan fingerprint density at radius 1 is 1.10 bits per heavy atom. The second-order valence-corrected chi connectivity index (χ2v) is 7.36. The number of nitrogens with one attached hydrogen (secondary N) is 2. The van der Waals surface area contributed by atoms with Gasteiger partial charge in [0.25, 0.3) is 5.69 Å². The third-order valence-corrected chi connectivity index (χ3v) is 4.37. The largest absolute Gasteiger partial charge is 0.326 e. The van der Waals surface area contributed by atoms with E-state index < -0.39 is 16.7 Å². The highest BCUT2D eigenvalue weighted by molar-refractivity contribution is 5.93. The van der Waals surface area contributed by atoms with E-state index in [1.165, 1.54) is 30.0 Å². The van der Waals surface area contributed by atoms with Crippen LogP contribution >= 0.6 is 0 Å². The van der Waals surface area contributed by atoms with E-state index in [4.69, 9.17) is 0 Å². The van der Waals surface area contributed by atoms with Crippen molar-refractivity contribution in [3.05, 3.63) is 75.3 Å². The first kappa shape index (κ1) is 23.5. The van der Waals surface area contributed by atoms with Gasteiger partial charge in [0, 0.05) is 30.7 Å². The number of benzene rings is 2. The molecule has 0 aliphatic rings. The van der Waals surface area contributed by atoms with Crippen molar-refractivity contribution in [3.8, 4) is 0 Å². The van der Waals surface area contributed by atoms with E-state index in [2.05, 4.69) is 41.8 Å². The minimum Gasteiger partial charge on any atom is -0.326 e. The van der Waals surface area contributed by atoms with Crippen LogP contribution in [0.1, 0.15) is 50.7 Å². The van der Waals surface area contributed by atoms with Crippen molar-refractivity contribution >= 4 is 35.5 Å². The highest BCUT2D eigenvalue weighted by Gasteiger charge is 2.10. The van der Waals surface area contributed by atoms with E-state index >= 15 is 0 Å². The molecule has 0 aliphatic heterocycles. The van der Waals surface area contributed by atoms with Gasteiger partial charge in [-0.15, -0.1) is 0 Å². The van der Waals surface area contributed by atoms with Crippen molar-refractivity contribution in [3.63, 3.8) is 0 Å². The van der Waals surface area contributed by atoms with Crippen molar-refractivity contribution < 1.29 is 14.5 Å². The SMILES string of the molecule is CC(/C=N\NC(=O)CCC(=O)Nc1cccc([N+](=O)[O-])c1)=C/c1ccc(C(C)C)cc1. The molecular weight excluding hydrogens is 396 g/mol. The fourth-order valence-electron chi connectivity index (χ4n) is 2.69. The molecular formula is C23H26N4O4. The number of carbonyl (C=O) groups is 2. The molecule has 0 spiro atoms. The Morgan fingerprint density at radius 3 is 2.42 bits per heavy atom. The molecule has 2 aromatic carbocycles. The van der Waals surface area contributed by atoms with E-state index in [-0.39, 0.29) is 18.5 Å². The fourth-order valence-corrected chi connectivity index (χ4v) is 2.69. The summed E-state index contributed by atoms with van der Waals surface area (Å²) in [5.74, 6) is -0.343. The van der Waals surface area contributed by atoms with Crippen molar-refractivity contribution in [1.82, 2.24) is 5.43 Å². The second kappa shape index (κ2) is 11.4. The van der Waals surface area contributed by atoms with Crippen molar-refractivity contribution in [2.75, 3.05) is 5.32 Å². The number of anilines is 1. The molecule has 2 N–H and O–H groups in total. The van der Waals surface area contributed by atoms with Crippen LogP contribution < -0.4 is 10.7 Å². The summed E-state index contributed by atoms with van der Waals surface area (Å²) in [7, 11) is 0. The number of allylic oxidation sites excluding steroid dienone is 1. The predicted octanol–water partition coefficient (Wildman–Crippen LogP) is 4.64. The van der Waals surface area contributed by atoms with E-state index in [0.717, 1.165) is 11.1 Å². The molecule has 2 amide bonds. The van der Waals surface area contributed by atoms with E-state index in [1.54, 1.807) is 6.07 Å². The van der Waals surface area contributed by atoms with Crippen LogP contribution in [0.15, 0.2) is 59.2 Å². The monoisotopic (exact) mass is 422 g/mol. The van der Waals surface area contributed by atoms with Gasteiger partial charge in [0.2, 0.25) is 11.8 Å². The van der Waals surface area contributed by atoms with Crippen LogP contribution in [0, 0.1) is 10.1 Å². The summed E-state index contributed by atoms with van der Waals surface area (Å²) in [4.78, 5) is 34.0. The summed E-state index contributed by atoms with van der Waals surface area (Å²) >= 11 is 0. The van der Waals surface area contributed by atoms with Gasteiger partial charge in [0.1, 0.15) is 0 Å². The van der Waals surface area contributed by atoms with Crippen LogP contribution in [-0.4, -0.2) is 23.0 Å². The van der Waals surface area contributed by atoms with Crippen LogP contribution in [-0.2, 0) is 9.59 Å². The Hall–Kier alpha value is -3.81. The number of nitrogens with zero attached hydrogens (tertiary/aromatic N) is 2. The molecule has 31 heavy (non-hydrogen) atoms. The van der Waals surface area contributed by atoms with Crippen molar-refractivity contribution in [2.45, 2.75) is 39.5 Å². The van der Waals surface area contributed by atoms with Gasteiger partial charge in [-0.1, -0.05) is 50.3 Å². The molecule has 0 aromatic heterocycles. The molecule has 2 aromatic rings. The lowest BCUT2D eigenvalue weighted by atomic mass is 10.0.